The lowest BCUT2D eigenvalue weighted by Gasteiger charge is -2.36. The Bertz CT molecular complexity index is 1430. The Morgan fingerprint density at radius 2 is 1.26 bits per heavy atom. The van der Waals surface area contributed by atoms with Gasteiger partial charge in [0.1, 0.15) is 5.75 Å². The lowest BCUT2D eigenvalue weighted by atomic mass is 9.72. The van der Waals surface area contributed by atoms with E-state index in [0.717, 1.165) is 11.1 Å². The molecule has 0 N–H and O–H groups in total. The van der Waals surface area contributed by atoms with Crippen LogP contribution < -0.4 is 9.75 Å². The van der Waals surface area contributed by atoms with Gasteiger partial charge in [0.2, 0.25) is 5.54 Å². The van der Waals surface area contributed by atoms with Crippen LogP contribution in [0.3, 0.4) is 0 Å². The first-order valence-electron chi connectivity index (χ1n) is 11.5. The van der Waals surface area contributed by atoms with Crippen LogP contribution in [0.1, 0.15) is 37.8 Å². The third-order valence-corrected chi connectivity index (χ3v) is 6.86. The second-order valence-electron chi connectivity index (χ2n) is 8.68. The number of Topliss-reactive ketones (excluding diaryl/α,β-unsaturated/α-hetero) is 2. The van der Waals surface area contributed by atoms with Gasteiger partial charge in [0, 0.05) is 11.1 Å². The van der Waals surface area contributed by atoms with Gasteiger partial charge >= 0.3 is 0 Å². The van der Waals surface area contributed by atoms with Crippen molar-refractivity contribution in [3.63, 3.8) is 0 Å². The van der Waals surface area contributed by atoms with Crippen LogP contribution in [0.25, 0.3) is 0 Å². The fourth-order valence-corrected chi connectivity index (χ4v) is 5.27. The van der Waals surface area contributed by atoms with Gasteiger partial charge < -0.3 is 4.74 Å². The highest BCUT2D eigenvalue weighted by Crippen LogP contribution is 2.51. The van der Waals surface area contributed by atoms with E-state index in [1.54, 1.807) is 36.4 Å². The van der Waals surface area contributed by atoms with Crippen molar-refractivity contribution in [2.24, 2.45) is 5.10 Å². The van der Waals surface area contributed by atoms with Crippen molar-refractivity contribution in [2.75, 3.05) is 12.1 Å². The molecule has 4 aromatic rings. The second kappa shape index (κ2) is 8.06. The SMILES string of the molecule is COc1ccc(C2C(c3ccccc3)=NN(c3ccccc3)C23C(=O)c2ccccc2C3=O)cc1. The minimum atomic E-state index is -1.56. The number of hydrogen-bond donors (Lipinski definition) is 0. The van der Waals surface area contributed by atoms with Crippen molar-refractivity contribution in [1.82, 2.24) is 0 Å². The molecule has 35 heavy (non-hydrogen) atoms. The van der Waals surface area contributed by atoms with Crippen LogP contribution in [-0.4, -0.2) is 29.9 Å². The number of hydrazone groups is 1. The maximum Gasteiger partial charge on any atom is 0.201 e. The van der Waals surface area contributed by atoms with Crippen molar-refractivity contribution in [3.05, 3.63) is 131 Å². The maximum atomic E-state index is 14.3. The molecule has 0 saturated carbocycles. The number of ether oxygens (including phenoxy) is 1. The molecule has 6 rings (SSSR count). The number of para-hydroxylation sites is 1. The molecule has 170 valence electrons. The third kappa shape index (κ3) is 2.98. The van der Waals surface area contributed by atoms with Gasteiger partial charge in [-0.3, -0.25) is 9.59 Å². The fraction of sp³-hybridized carbons (Fsp3) is 0.100. The summed E-state index contributed by atoms with van der Waals surface area (Å²) in [5.74, 6) is -0.399. The van der Waals surface area contributed by atoms with Gasteiger partial charge in [-0.15, -0.1) is 0 Å². The number of fused-ring (bicyclic) bond motifs is 1. The topological polar surface area (TPSA) is 59.0 Å². The van der Waals surface area contributed by atoms with E-state index in [9.17, 15) is 9.59 Å². The molecule has 0 aromatic heterocycles. The zero-order chi connectivity index (χ0) is 24.0. The molecule has 2 aliphatic rings. The number of hydrogen-bond acceptors (Lipinski definition) is 5. The summed E-state index contributed by atoms with van der Waals surface area (Å²) < 4.78 is 5.37. The van der Waals surface area contributed by atoms with E-state index in [1.165, 1.54) is 0 Å². The van der Waals surface area contributed by atoms with Crippen LogP contribution in [0.4, 0.5) is 5.69 Å². The minimum absolute atomic E-state index is 0.238. The largest absolute Gasteiger partial charge is 0.497 e. The number of methoxy groups -OCH3 is 1. The van der Waals surface area contributed by atoms with Crippen molar-refractivity contribution < 1.29 is 14.3 Å². The molecular weight excluding hydrogens is 436 g/mol. The fourth-order valence-electron chi connectivity index (χ4n) is 5.27. The summed E-state index contributed by atoms with van der Waals surface area (Å²) in [6.07, 6.45) is 0. The van der Waals surface area contributed by atoms with E-state index < -0.39 is 11.5 Å². The molecule has 0 saturated heterocycles. The van der Waals surface area contributed by atoms with Gasteiger partial charge in [-0.2, -0.15) is 5.10 Å². The lowest BCUT2D eigenvalue weighted by molar-refractivity contribution is 0.0791. The molecule has 4 aromatic carbocycles. The summed E-state index contributed by atoms with van der Waals surface area (Å²) in [5, 5.41) is 6.67. The first kappa shape index (κ1) is 21.1. The van der Waals surface area contributed by atoms with Crippen LogP contribution >= 0.6 is 0 Å². The quantitative estimate of drug-likeness (QED) is 0.378. The number of carbonyl (C=O) groups excluding carboxylic acids is 2. The number of ketones is 2. The van der Waals surface area contributed by atoms with E-state index in [2.05, 4.69) is 0 Å². The van der Waals surface area contributed by atoms with Crippen molar-refractivity contribution in [3.8, 4) is 5.75 Å². The number of rotatable bonds is 4. The van der Waals surface area contributed by atoms with Crippen LogP contribution in [0.15, 0.2) is 114 Å². The second-order valence-corrected chi connectivity index (χ2v) is 8.68. The van der Waals surface area contributed by atoms with Crippen LogP contribution in [0, 0.1) is 0 Å². The van der Waals surface area contributed by atoms with Crippen LogP contribution in [-0.2, 0) is 0 Å². The Hall–Kier alpha value is -4.51. The molecule has 0 fully saturated rings. The number of nitrogens with zero attached hydrogens (tertiary/aromatic N) is 2. The molecule has 0 radical (unpaired) electrons. The smallest absolute Gasteiger partial charge is 0.201 e. The average Bonchev–Trinajstić information content (AvgIpc) is 3.40. The van der Waals surface area contributed by atoms with Crippen LogP contribution in [0.2, 0.25) is 0 Å². The molecule has 1 heterocycles. The van der Waals surface area contributed by atoms with Crippen molar-refractivity contribution in [2.45, 2.75) is 11.5 Å². The van der Waals surface area contributed by atoms with Gasteiger partial charge in [-0.1, -0.05) is 84.9 Å². The van der Waals surface area contributed by atoms with Gasteiger partial charge in [-0.25, -0.2) is 5.01 Å². The highest BCUT2D eigenvalue weighted by atomic mass is 16.5. The number of carbonyl (C=O) groups is 2. The van der Waals surface area contributed by atoms with E-state index in [0.29, 0.717) is 28.3 Å². The molecule has 1 aliphatic heterocycles. The predicted octanol–water partition coefficient (Wildman–Crippen LogP) is 5.52. The highest BCUT2D eigenvalue weighted by Gasteiger charge is 2.66. The zero-order valence-corrected chi connectivity index (χ0v) is 19.1. The molecule has 1 unspecified atom stereocenters. The van der Waals surface area contributed by atoms with Gasteiger partial charge in [0.15, 0.2) is 11.6 Å². The van der Waals surface area contributed by atoms with Gasteiger partial charge in [-0.05, 0) is 35.4 Å². The summed E-state index contributed by atoms with van der Waals surface area (Å²) in [6.45, 7) is 0. The first-order valence-corrected chi connectivity index (χ1v) is 11.5. The van der Waals surface area contributed by atoms with E-state index in [4.69, 9.17) is 9.84 Å². The summed E-state index contributed by atoms with van der Waals surface area (Å²) in [6, 6.07) is 33.8. The maximum absolute atomic E-state index is 14.3. The first-order chi connectivity index (χ1) is 17.2. The molecular formula is C30H22N2O3. The summed E-state index contributed by atoms with van der Waals surface area (Å²) in [4.78, 5) is 28.7. The summed E-state index contributed by atoms with van der Waals surface area (Å²) in [7, 11) is 1.61. The molecule has 5 nitrogen and oxygen atoms in total. The Kier molecular flexibility index (Phi) is 4.85. The standard InChI is InChI=1S/C30H22N2O3/c1-35-23-18-16-20(17-19-23)26-27(21-10-4-2-5-11-21)31-32(22-12-6-3-7-13-22)30(26)28(33)24-14-8-9-15-25(24)29(30)34/h2-19,26H,1H3. The van der Waals surface area contributed by atoms with E-state index in [1.807, 2.05) is 84.9 Å². The molecule has 1 aliphatic carbocycles. The Morgan fingerprint density at radius 3 is 1.83 bits per heavy atom. The van der Waals surface area contributed by atoms with E-state index in [-0.39, 0.29) is 11.6 Å². The molecule has 1 spiro atoms. The Morgan fingerprint density at radius 1 is 0.714 bits per heavy atom. The average molecular weight is 459 g/mol. The molecule has 0 bridgehead atoms. The minimum Gasteiger partial charge on any atom is -0.497 e. The zero-order valence-electron chi connectivity index (χ0n) is 19.1. The third-order valence-electron chi connectivity index (χ3n) is 6.86. The Labute approximate surface area is 203 Å². The molecule has 5 heteroatoms. The van der Waals surface area contributed by atoms with Crippen LogP contribution in [0.5, 0.6) is 5.75 Å². The lowest BCUT2D eigenvalue weighted by Crippen LogP contribution is -2.57. The number of anilines is 1. The molecule has 0 amide bonds. The predicted molar refractivity (Wildman–Crippen MR) is 135 cm³/mol. The molecule has 1 atom stereocenters. The van der Waals surface area contributed by atoms with Crippen molar-refractivity contribution in [1.29, 1.82) is 0 Å². The number of benzene rings is 4. The highest BCUT2D eigenvalue weighted by molar-refractivity contribution is 6.38. The summed E-state index contributed by atoms with van der Waals surface area (Å²) >= 11 is 0. The van der Waals surface area contributed by atoms with Gasteiger partial charge in [0.25, 0.3) is 0 Å². The Balaban J connectivity index is 1.66. The van der Waals surface area contributed by atoms with Gasteiger partial charge in [0.05, 0.1) is 24.4 Å². The monoisotopic (exact) mass is 458 g/mol. The normalized spacial score (nSPS) is 18.0. The summed E-state index contributed by atoms with van der Waals surface area (Å²) in [5.41, 5.74) is 2.35. The van der Waals surface area contributed by atoms with E-state index >= 15 is 0 Å². The van der Waals surface area contributed by atoms with Crippen molar-refractivity contribution >= 4 is 23.0 Å².